The van der Waals surface area contributed by atoms with Crippen LogP contribution in [0.2, 0.25) is 0 Å². The molecule has 0 aromatic heterocycles. The molecule has 0 saturated carbocycles. The molecule has 0 aliphatic carbocycles. The van der Waals surface area contributed by atoms with Crippen LogP contribution in [0.15, 0.2) is 0 Å². The molecular weight excluding hydrogens is 268 g/mol. The van der Waals surface area contributed by atoms with Gasteiger partial charge in [0.25, 0.3) is 0 Å². The maximum atomic E-state index is 12.4. The number of nitrogens with zero attached hydrogens (tertiary/aromatic N) is 1. The number of amides is 1. The van der Waals surface area contributed by atoms with Gasteiger partial charge in [0.15, 0.2) is 0 Å². The van der Waals surface area contributed by atoms with Crippen molar-refractivity contribution >= 4 is 5.91 Å². The van der Waals surface area contributed by atoms with Gasteiger partial charge in [-0.2, -0.15) is 0 Å². The third-order valence-corrected chi connectivity index (χ3v) is 4.00. The minimum Gasteiger partial charge on any atom is -0.380 e. The second-order valence-electron chi connectivity index (χ2n) is 5.51. The Balaban J connectivity index is 2.29. The van der Waals surface area contributed by atoms with E-state index in [4.69, 9.17) is 9.47 Å². The summed E-state index contributed by atoms with van der Waals surface area (Å²) in [6.45, 7) is 10.1. The first kappa shape index (κ1) is 18.4. The molecule has 1 heterocycles. The molecule has 1 rings (SSSR count). The van der Waals surface area contributed by atoms with Gasteiger partial charge in [-0.05, 0) is 52.1 Å². The minimum absolute atomic E-state index is 0.243. The highest BCUT2D eigenvalue weighted by atomic mass is 16.5. The van der Waals surface area contributed by atoms with Gasteiger partial charge in [0.05, 0.1) is 13.2 Å². The molecule has 1 aliphatic rings. The van der Waals surface area contributed by atoms with Crippen molar-refractivity contribution in [1.29, 1.82) is 0 Å². The van der Waals surface area contributed by atoms with E-state index in [1.165, 1.54) is 12.8 Å². The lowest BCUT2D eigenvalue weighted by molar-refractivity contribution is -0.133. The highest BCUT2D eigenvalue weighted by molar-refractivity contribution is 5.76. The van der Waals surface area contributed by atoms with E-state index in [-0.39, 0.29) is 5.91 Å². The Kier molecular flexibility index (Phi) is 10.5. The quantitative estimate of drug-likeness (QED) is 0.590. The van der Waals surface area contributed by atoms with Gasteiger partial charge in [-0.3, -0.25) is 4.79 Å². The molecule has 1 amide bonds. The Morgan fingerprint density at radius 1 is 1.10 bits per heavy atom. The van der Waals surface area contributed by atoms with Gasteiger partial charge < -0.3 is 19.7 Å². The molecule has 0 unspecified atom stereocenters. The van der Waals surface area contributed by atoms with Crippen LogP contribution in [0.1, 0.15) is 39.5 Å². The number of ether oxygens (including phenoxy) is 2. The SMILES string of the molecule is CCOCCN(CCOCC)C(=O)CCC1CCNCC1. The van der Waals surface area contributed by atoms with Crippen molar-refractivity contribution in [2.75, 3.05) is 52.6 Å². The summed E-state index contributed by atoms with van der Waals surface area (Å²) < 4.78 is 10.7. The van der Waals surface area contributed by atoms with Crippen molar-refractivity contribution in [2.45, 2.75) is 39.5 Å². The zero-order chi connectivity index (χ0) is 15.3. The van der Waals surface area contributed by atoms with E-state index in [9.17, 15) is 4.79 Å². The van der Waals surface area contributed by atoms with Gasteiger partial charge in [0, 0.05) is 32.7 Å². The average Bonchev–Trinajstić information content (AvgIpc) is 2.52. The molecule has 124 valence electrons. The predicted octanol–water partition coefficient (Wildman–Crippen LogP) is 1.67. The van der Waals surface area contributed by atoms with E-state index < -0.39 is 0 Å². The van der Waals surface area contributed by atoms with Crippen LogP contribution >= 0.6 is 0 Å². The van der Waals surface area contributed by atoms with Crippen molar-refractivity contribution < 1.29 is 14.3 Å². The number of piperidine rings is 1. The van der Waals surface area contributed by atoms with Crippen LogP contribution in [-0.4, -0.2) is 63.4 Å². The number of carbonyl (C=O) groups is 1. The fourth-order valence-corrected chi connectivity index (χ4v) is 2.66. The first-order chi connectivity index (χ1) is 10.3. The van der Waals surface area contributed by atoms with Crippen molar-refractivity contribution in [2.24, 2.45) is 5.92 Å². The van der Waals surface area contributed by atoms with Gasteiger partial charge >= 0.3 is 0 Å². The Hall–Kier alpha value is -0.650. The molecule has 5 heteroatoms. The molecular formula is C16H32N2O3. The zero-order valence-electron chi connectivity index (χ0n) is 13.7. The number of nitrogens with one attached hydrogen (secondary N) is 1. The third kappa shape index (κ3) is 8.39. The van der Waals surface area contributed by atoms with Crippen LogP contribution < -0.4 is 5.32 Å². The first-order valence-corrected chi connectivity index (χ1v) is 8.41. The summed E-state index contributed by atoms with van der Waals surface area (Å²) in [4.78, 5) is 14.3. The smallest absolute Gasteiger partial charge is 0.222 e. The van der Waals surface area contributed by atoms with Crippen LogP contribution in [0.25, 0.3) is 0 Å². The molecule has 5 nitrogen and oxygen atoms in total. The van der Waals surface area contributed by atoms with Gasteiger partial charge in [-0.1, -0.05) is 0 Å². The monoisotopic (exact) mass is 300 g/mol. The molecule has 1 N–H and O–H groups in total. The van der Waals surface area contributed by atoms with Crippen LogP contribution in [-0.2, 0) is 14.3 Å². The van der Waals surface area contributed by atoms with Gasteiger partial charge in [0.1, 0.15) is 0 Å². The maximum absolute atomic E-state index is 12.4. The molecule has 0 spiro atoms. The van der Waals surface area contributed by atoms with Gasteiger partial charge in [-0.15, -0.1) is 0 Å². The summed E-state index contributed by atoms with van der Waals surface area (Å²) in [6, 6.07) is 0. The Labute approximate surface area is 129 Å². The predicted molar refractivity (Wildman–Crippen MR) is 84.4 cm³/mol. The zero-order valence-corrected chi connectivity index (χ0v) is 13.7. The Morgan fingerprint density at radius 3 is 2.19 bits per heavy atom. The highest BCUT2D eigenvalue weighted by Crippen LogP contribution is 2.18. The normalized spacial score (nSPS) is 16.1. The maximum Gasteiger partial charge on any atom is 0.222 e. The fourth-order valence-electron chi connectivity index (χ4n) is 2.66. The van der Waals surface area contributed by atoms with Crippen molar-refractivity contribution in [3.8, 4) is 0 Å². The minimum atomic E-state index is 0.243. The second-order valence-corrected chi connectivity index (χ2v) is 5.51. The van der Waals surface area contributed by atoms with Crippen LogP contribution in [0, 0.1) is 5.92 Å². The second kappa shape index (κ2) is 12.0. The summed E-state index contributed by atoms with van der Waals surface area (Å²) in [5.41, 5.74) is 0. The lowest BCUT2D eigenvalue weighted by atomic mass is 9.93. The van der Waals surface area contributed by atoms with E-state index in [0.29, 0.717) is 51.9 Å². The number of carbonyl (C=O) groups excluding carboxylic acids is 1. The van der Waals surface area contributed by atoms with Crippen molar-refractivity contribution in [3.05, 3.63) is 0 Å². The molecule has 1 aliphatic heterocycles. The highest BCUT2D eigenvalue weighted by Gasteiger charge is 2.18. The van der Waals surface area contributed by atoms with E-state index in [2.05, 4.69) is 5.32 Å². The number of hydrogen-bond acceptors (Lipinski definition) is 4. The van der Waals surface area contributed by atoms with Gasteiger partial charge in [-0.25, -0.2) is 0 Å². The van der Waals surface area contributed by atoms with Gasteiger partial charge in [0.2, 0.25) is 5.91 Å². The lowest BCUT2D eigenvalue weighted by Gasteiger charge is -2.25. The van der Waals surface area contributed by atoms with E-state index >= 15 is 0 Å². The van der Waals surface area contributed by atoms with Crippen LogP contribution in [0.5, 0.6) is 0 Å². The van der Waals surface area contributed by atoms with Crippen molar-refractivity contribution in [1.82, 2.24) is 10.2 Å². The fraction of sp³-hybridized carbons (Fsp3) is 0.938. The summed E-state index contributed by atoms with van der Waals surface area (Å²) >= 11 is 0. The molecule has 0 aromatic rings. The summed E-state index contributed by atoms with van der Waals surface area (Å²) in [5, 5.41) is 3.37. The number of hydrogen-bond donors (Lipinski definition) is 1. The molecule has 0 atom stereocenters. The molecule has 1 saturated heterocycles. The lowest BCUT2D eigenvalue weighted by Crippen LogP contribution is -2.37. The molecule has 0 radical (unpaired) electrons. The summed E-state index contributed by atoms with van der Waals surface area (Å²) in [6.07, 6.45) is 4.07. The van der Waals surface area contributed by atoms with E-state index in [1.807, 2.05) is 18.7 Å². The molecule has 0 aromatic carbocycles. The molecule has 0 bridgehead atoms. The third-order valence-electron chi connectivity index (χ3n) is 4.00. The molecule has 21 heavy (non-hydrogen) atoms. The van der Waals surface area contributed by atoms with Crippen molar-refractivity contribution in [3.63, 3.8) is 0 Å². The Morgan fingerprint density at radius 2 is 1.67 bits per heavy atom. The van der Waals surface area contributed by atoms with Crippen LogP contribution in [0.3, 0.4) is 0 Å². The van der Waals surface area contributed by atoms with E-state index in [1.54, 1.807) is 0 Å². The van der Waals surface area contributed by atoms with E-state index in [0.717, 1.165) is 19.5 Å². The van der Waals surface area contributed by atoms with Crippen LogP contribution in [0.4, 0.5) is 0 Å². The average molecular weight is 300 g/mol. The standard InChI is InChI=1S/C16H32N2O3/c1-3-20-13-11-18(12-14-21-4-2)16(19)6-5-15-7-9-17-10-8-15/h15,17H,3-14H2,1-2H3. The number of rotatable bonds is 11. The first-order valence-electron chi connectivity index (χ1n) is 8.41. The largest absolute Gasteiger partial charge is 0.380 e. The molecule has 1 fully saturated rings. The topological polar surface area (TPSA) is 50.8 Å². The summed E-state index contributed by atoms with van der Waals surface area (Å²) in [7, 11) is 0. The Bertz CT molecular complexity index is 258. The summed E-state index contributed by atoms with van der Waals surface area (Å²) in [5.74, 6) is 0.948.